The first-order valence-corrected chi connectivity index (χ1v) is 8.86. The van der Waals surface area contributed by atoms with Gasteiger partial charge in [-0.05, 0) is 24.3 Å². The van der Waals surface area contributed by atoms with E-state index in [0.29, 0.717) is 16.7 Å². The van der Waals surface area contributed by atoms with E-state index in [1.54, 1.807) is 36.5 Å². The summed E-state index contributed by atoms with van der Waals surface area (Å²) in [5, 5.41) is 13.1. The van der Waals surface area contributed by atoms with Gasteiger partial charge in [-0.15, -0.1) is 0 Å². The number of carbonyl (C=O) groups is 2. The number of carbonyl (C=O) groups excluding carboxylic acids is 2. The Labute approximate surface area is 158 Å². The van der Waals surface area contributed by atoms with Crippen LogP contribution in [0.4, 0.5) is 16.2 Å². The summed E-state index contributed by atoms with van der Waals surface area (Å²) in [6.45, 7) is 0. The highest BCUT2D eigenvalue weighted by Gasteiger charge is 2.11. The van der Waals surface area contributed by atoms with E-state index < -0.39 is 11.9 Å². The monoisotopic (exact) mass is 413 g/mol. The molecule has 0 aliphatic heterocycles. The molecule has 0 bridgehead atoms. The molecule has 0 fully saturated rings. The Morgan fingerprint density at radius 3 is 2.69 bits per heavy atom. The number of hydrogen-bond donors (Lipinski definition) is 4. The number of anilines is 2. The van der Waals surface area contributed by atoms with Gasteiger partial charge in [0.05, 0.1) is 23.1 Å². The van der Waals surface area contributed by atoms with Gasteiger partial charge < -0.3 is 16.4 Å². The number of nitrogens with two attached hydrogens (primary N) is 1. The number of aromatic amines is 1. The second-order valence-electron chi connectivity index (χ2n) is 5.47. The number of rotatable bonds is 5. The van der Waals surface area contributed by atoms with Gasteiger partial charge in [0.1, 0.15) is 0 Å². The van der Waals surface area contributed by atoms with Gasteiger partial charge in [-0.3, -0.25) is 9.89 Å². The van der Waals surface area contributed by atoms with E-state index in [0.717, 1.165) is 16.8 Å². The molecule has 0 saturated carbocycles. The van der Waals surface area contributed by atoms with Gasteiger partial charge in [0.25, 0.3) is 5.91 Å². The first-order chi connectivity index (χ1) is 12.6. The van der Waals surface area contributed by atoms with Crippen LogP contribution in [0.25, 0.3) is 11.3 Å². The summed E-state index contributed by atoms with van der Waals surface area (Å²) in [7, 11) is 0. The SMILES string of the molecule is NC(=O)c1ccccc1NC(=O)Nc1cccc(-c2[nH]ncc2CBr)c1. The van der Waals surface area contributed by atoms with Crippen LogP contribution in [0.15, 0.2) is 54.7 Å². The van der Waals surface area contributed by atoms with Gasteiger partial charge in [0.15, 0.2) is 0 Å². The van der Waals surface area contributed by atoms with Gasteiger partial charge in [0, 0.05) is 22.1 Å². The summed E-state index contributed by atoms with van der Waals surface area (Å²) in [5.74, 6) is -0.607. The number of para-hydroxylation sites is 1. The van der Waals surface area contributed by atoms with Crippen molar-refractivity contribution >= 4 is 39.2 Å². The number of primary amides is 1. The molecule has 26 heavy (non-hydrogen) atoms. The minimum Gasteiger partial charge on any atom is -0.366 e. The molecule has 0 spiro atoms. The number of nitrogens with one attached hydrogen (secondary N) is 3. The Hall–Kier alpha value is -3.13. The van der Waals surface area contributed by atoms with Crippen molar-refractivity contribution in [3.05, 3.63) is 65.9 Å². The van der Waals surface area contributed by atoms with Crippen LogP contribution in [0, 0.1) is 0 Å². The molecule has 8 heteroatoms. The average molecular weight is 414 g/mol. The molecule has 3 amide bonds. The fourth-order valence-corrected chi connectivity index (χ4v) is 2.93. The van der Waals surface area contributed by atoms with Gasteiger partial charge in [-0.2, -0.15) is 5.10 Å². The van der Waals surface area contributed by atoms with Crippen molar-refractivity contribution in [3.63, 3.8) is 0 Å². The molecule has 0 saturated heterocycles. The molecule has 0 unspecified atom stereocenters. The fourth-order valence-electron chi connectivity index (χ4n) is 2.51. The van der Waals surface area contributed by atoms with Crippen LogP contribution in [0.3, 0.4) is 0 Å². The van der Waals surface area contributed by atoms with E-state index >= 15 is 0 Å². The third-order valence-electron chi connectivity index (χ3n) is 3.71. The fraction of sp³-hybridized carbons (Fsp3) is 0.0556. The number of benzene rings is 2. The first kappa shape index (κ1) is 17.7. The zero-order valence-corrected chi connectivity index (χ0v) is 15.2. The molecule has 7 nitrogen and oxygen atoms in total. The normalized spacial score (nSPS) is 10.3. The van der Waals surface area contributed by atoms with E-state index in [-0.39, 0.29) is 5.56 Å². The maximum absolute atomic E-state index is 12.3. The molecule has 0 aliphatic rings. The lowest BCUT2D eigenvalue weighted by atomic mass is 10.1. The molecule has 2 aromatic carbocycles. The minimum atomic E-state index is -0.607. The molecule has 0 atom stereocenters. The van der Waals surface area contributed by atoms with Crippen molar-refractivity contribution in [2.75, 3.05) is 10.6 Å². The first-order valence-electron chi connectivity index (χ1n) is 7.74. The minimum absolute atomic E-state index is 0.246. The molecular weight excluding hydrogens is 398 g/mol. The quantitative estimate of drug-likeness (QED) is 0.478. The second-order valence-corrected chi connectivity index (χ2v) is 6.03. The van der Waals surface area contributed by atoms with E-state index in [1.165, 1.54) is 0 Å². The second kappa shape index (κ2) is 7.83. The zero-order chi connectivity index (χ0) is 18.5. The molecule has 1 heterocycles. The van der Waals surface area contributed by atoms with Gasteiger partial charge in [-0.25, -0.2) is 4.79 Å². The Bertz CT molecular complexity index is 954. The van der Waals surface area contributed by atoms with E-state index in [9.17, 15) is 9.59 Å². The molecular formula is C18H16BrN5O2. The number of urea groups is 1. The van der Waals surface area contributed by atoms with Crippen molar-refractivity contribution in [2.45, 2.75) is 5.33 Å². The Morgan fingerprint density at radius 1 is 1.12 bits per heavy atom. The summed E-state index contributed by atoms with van der Waals surface area (Å²) in [5.41, 5.74) is 9.31. The van der Waals surface area contributed by atoms with Crippen molar-refractivity contribution in [1.29, 1.82) is 0 Å². The van der Waals surface area contributed by atoms with Crippen LogP contribution in [0.5, 0.6) is 0 Å². The Morgan fingerprint density at radius 2 is 1.92 bits per heavy atom. The Kier molecular flexibility index (Phi) is 5.33. The molecule has 0 aliphatic carbocycles. The molecule has 3 rings (SSSR count). The maximum Gasteiger partial charge on any atom is 0.323 e. The molecule has 5 N–H and O–H groups in total. The number of aromatic nitrogens is 2. The summed E-state index contributed by atoms with van der Waals surface area (Å²) >= 11 is 3.42. The highest BCUT2D eigenvalue weighted by Crippen LogP contribution is 2.25. The Balaban J connectivity index is 1.77. The zero-order valence-electron chi connectivity index (χ0n) is 13.6. The lowest BCUT2D eigenvalue weighted by Gasteiger charge is -2.11. The molecule has 0 radical (unpaired) electrons. The van der Waals surface area contributed by atoms with E-state index in [4.69, 9.17) is 5.73 Å². The molecule has 132 valence electrons. The van der Waals surface area contributed by atoms with Crippen molar-refractivity contribution in [2.24, 2.45) is 5.73 Å². The third kappa shape index (κ3) is 3.92. The number of H-pyrrole nitrogens is 1. The summed E-state index contributed by atoms with van der Waals surface area (Å²) in [6, 6.07) is 13.4. The van der Waals surface area contributed by atoms with Crippen LogP contribution in [0.1, 0.15) is 15.9 Å². The van der Waals surface area contributed by atoms with Crippen LogP contribution in [-0.4, -0.2) is 22.1 Å². The lowest BCUT2D eigenvalue weighted by Crippen LogP contribution is -2.22. The summed E-state index contributed by atoms with van der Waals surface area (Å²) in [6.07, 6.45) is 1.75. The predicted octanol–water partition coefficient (Wildman–Crippen LogP) is 3.71. The molecule has 1 aromatic heterocycles. The summed E-state index contributed by atoms with van der Waals surface area (Å²) in [4.78, 5) is 23.7. The topological polar surface area (TPSA) is 113 Å². The van der Waals surface area contributed by atoms with Crippen LogP contribution >= 0.6 is 15.9 Å². The van der Waals surface area contributed by atoms with Gasteiger partial charge in [-0.1, -0.05) is 40.2 Å². The van der Waals surface area contributed by atoms with Gasteiger partial charge >= 0.3 is 6.03 Å². The van der Waals surface area contributed by atoms with Crippen molar-refractivity contribution < 1.29 is 9.59 Å². The number of alkyl halides is 1. The average Bonchev–Trinajstić information content (AvgIpc) is 3.11. The largest absolute Gasteiger partial charge is 0.366 e. The van der Waals surface area contributed by atoms with Gasteiger partial charge in [0.2, 0.25) is 0 Å². The highest BCUT2D eigenvalue weighted by molar-refractivity contribution is 9.08. The van der Waals surface area contributed by atoms with Crippen molar-refractivity contribution in [1.82, 2.24) is 10.2 Å². The van der Waals surface area contributed by atoms with Crippen LogP contribution in [0.2, 0.25) is 0 Å². The third-order valence-corrected chi connectivity index (χ3v) is 4.32. The van der Waals surface area contributed by atoms with E-state index in [1.807, 2.05) is 18.2 Å². The van der Waals surface area contributed by atoms with Crippen LogP contribution < -0.4 is 16.4 Å². The predicted molar refractivity (Wildman–Crippen MR) is 104 cm³/mol. The maximum atomic E-state index is 12.3. The number of nitrogens with zero attached hydrogens (tertiary/aromatic N) is 1. The van der Waals surface area contributed by atoms with E-state index in [2.05, 4.69) is 36.8 Å². The lowest BCUT2D eigenvalue weighted by molar-refractivity contribution is 0.100. The smallest absolute Gasteiger partial charge is 0.323 e. The number of halogens is 1. The standard InChI is InChI=1S/C18H16BrN5O2/c19-9-12-10-21-24-16(12)11-4-3-5-13(8-11)22-18(26)23-15-7-2-1-6-14(15)17(20)25/h1-8,10H,9H2,(H2,20,25)(H,21,24)(H2,22,23,26). The highest BCUT2D eigenvalue weighted by atomic mass is 79.9. The molecule has 3 aromatic rings. The van der Waals surface area contributed by atoms with Crippen LogP contribution in [-0.2, 0) is 5.33 Å². The summed E-state index contributed by atoms with van der Waals surface area (Å²) < 4.78 is 0. The number of hydrogen-bond acceptors (Lipinski definition) is 3. The van der Waals surface area contributed by atoms with Crippen molar-refractivity contribution in [3.8, 4) is 11.3 Å². The number of amides is 3.